The zero-order valence-electron chi connectivity index (χ0n) is 21.8. The van der Waals surface area contributed by atoms with Crippen LogP contribution in [0, 0.1) is 34.9 Å². The fourth-order valence-corrected chi connectivity index (χ4v) is 4.98. The Balaban J connectivity index is 1.41. The molecule has 3 aromatic rings. The molecule has 210 valence electrons. The standard InChI is InChI=1S/C30H30F6O3/c1-3-15-38-23-12-9-19(25(31)28(23)34)16-39-24-14-11-21(27(33)30(24)36)18-7-5-17(6-8-18)20-10-13-22(37-4-2)29(35)26(20)32/h9-14,17-18H,3-8,15-16H2,1-2H3. The van der Waals surface area contributed by atoms with E-state index in [9.17, 15) is 22.0 Å². The Morgan fingerprint density at radius 1 is 0.564 bits per heavy atom. The lowest BCUT2D eigenvalue weighted by Gasteiger charge is -2.30. The first-order chi connectivity index (χ1) is 18.8. The van der Waals surface area contributed by atoms with Gasteiger partial charge in [-0.25, -0.2) is 13.2 Å². The second-order valence-corrected chi connectivity index (χ2v) is 9.53. The third-order valence-corrected chi connectivity index (χ3v) is 7.03. The van der Waals surface area contributed by atoms with E-state index in [-0.39, 0.29) is 53.2 Å². The van der Waals surface area contributed by atoms with E-state index in [0.717, 1.165) is 0 Å². The van der Waals surface area contributed by atoms with Crippen molar-refractivity contribution in [1.82, 2.24) is 0 Å². The normalized spacial score (nSPS) is 17.2. The van der Waals surface area contributed by atoms with Gasteiger partial charge in [0.15, 0.2) is 34.7 Å². The molecule has 0 saturated heterocycles. The maximum Gasteiger partial charge on any atom is 0.201 e. The molecule has 0 unspecified atom stereocenters. The number of halogens is 6. The van der Waals surface area contributed by atoms with Crippen LogP contribution in [-0.2, 0) is 6.61 Å². The molecule has 9 heteroatoms. The summed E-state index contributed by atoms with van der Waals surface area (Å²) >= 11 is 0. The van der Waals surface area contributed by atoms with Crippen LogP contribution in [0.5, 0.6) is 17.2 Å². The SMILES string of the molecule is CCCOc1ccc(COc2ccc(C3CCC(c4ccc(OCC)c(F)c4F)CC3)c(F)c2F)c(F)c1F. The van der Waals surface area contributed by atoms with Crippen LogP contribution in [0.15, 0.2) is 36.4 Å². The van der Waals surface area contributed by atoms with E-state index in [4.69, 9.17) is 14.2 Å². The van der Waals surface area contributed by atoms with Gasteiger partial charge in [-0.05, 0) is 86.3 Å². The van der Waals surface area contributed by atoms with Crippen molar-refractivity contribution in [1.29, 1.82) is 0 Å². The number of benzene rings is 3. The molecule has 1 fully saturated rings. The zero-order valence-corrected chi connectivity index (χ0v) is 21.8. The number of rotatable bonds is 10. The van der Waals surface area contributed by atoms with E-state index >= 15 is 4.39 Å². The molecule has 0 heterocycles. The van der Waals surface area contributed by atoms with Gasteiger partial charge in [0.05, 0.1) is 13.2 Å². The lowest BCUT2D eigenvalue weighted by Crippen LogP contribution is -2.15. The summed E-state index contributed by atoms with van der Waals surface area (Å²) in [6.07, 6.45) is 2.46. The summed E-state index contributed by atoms with van der Waals surface area (Å²) in [5.74, 6) is -7.99. The summed E-state index contributed by atoms with van der Waals surface area (Å²) in [4.78, 5) is 0. The van der Waals surface area contributed by atoms with Crippen LogP contribution in [0.25, 0.3) is 0 Å². The predicted molar refractivity (Wildman–Crippen MR) is 134 cm³/mol. The monoisotopic (exact) mass is 552 g/mol. The molecule has 1 aliphatic carbocycles. The highest BCUT2D eigenvalue weighted by Crippen LogP contribution is 2.43. The van der Waals surface area contributed by atoms with Gasteiger partial charge in [-0.15, -0.1) is 0 Å². The molecule has 1 aliphatic rings. The molecule has 1 saturated carbocycles. The summed E-state index contributed by atoms with van der Waals surface area (Å²) in [7, 11) is 0. The van der Waals surface area contributed by atoms with Crippen molar-refractivity contribution < 1.29 is 40.6 Å². The second kappa shape index (κ2) is 12.7. The van der Waals surface area contributed by atoms with Crippen LogP contribution in [0.2, 0.25) is 0 Å². The topological polar surface area (TPSA) is 27.7 Å². The molecule has 0 spiro atoms. The highest BCUT2D eigenvalue weighted by atomic mass is 19.2. The van der Waals surface area contributed by atoms with Crippen molar-refractivity contribution in [2.75, 3.05) is 13.2 Å². The van der Waals surface area contributed by atoms with Crippen LogP contribution < -0.4 is 14.2 Å². The Labute approximate surface area is 223 Å². The van der Waals surface area contributed by atoms with E-state index in [1.165, 1.54) is 36.4 Å². The number of hydrogen-bond acceptors (Lipinski definition) is 3. The quantitative estimate of drug-likeness (QED) is 0.236. The van der Waals surface area contributed by atoms with Gasteiger partial charge in [-0.2, -0.15) is 13.2 Å². The number of ether oxygens (including phenoxy) is 3. The van der Waals surface area contributed by atoms with Gasteiger partial charge in [0.1, 0.15) is 6.61 Å². The Hall–Kier alpha value is -3.36. The molecular formula is C30H30F6O3. The van der Waals surface area contributed by atoms with Gasteiger partial charge in [-0.3, -0.25) is 0 Å². The van der Waals surface area contributed by atoms with Gasteiger partial charge in [0.25, 0.3) is 0 Å². The summed E-state index contributed by atoms with van der Waals surface area (Å²) in [5.41, 5.74) is 0.237. The van der Waals surface area contributed by atoms with Gasteiger partial charge >= 0.3 is 0 Å². The fraction of sp³-hybridized carbons (Fsp3) is 0.400. The minimum absolute atomic E-state index is 0.141. The lowest BCUT2D eigenvalue weighted by molar-refractivity contribution is 0.270. The molecule has 3 aromatic carbocycles. The van der Waals surface area contributed by atoms with Gasteiger partial charge in [0, 0.05) is 5.56 Å². The van der Waals surface area contributed by atoms with Crippen molar-refractivity contribution in [3.8, 4) is 17.2 Å². The van der Waals surface area contributed by atoms with E-state index in [2.05, 4.69) is 0 Å². The van der Waals surface area contributed by atoms with E-state index in [1.54, 1.807) is 6.92 Å². The summed E-state index contributed by atoms with van der Waals surface area (Å²) in [6.45, 7) is 3.43. The Kier molecular flexibility index (Phi) is 9.30. The Morgan fingerprint density at radius 2 is 1.03 bits per heavy atom. The Morgan fingerprint density at radius 3 is 1.54 bits per heavy atom. The molecule has 0 atom stereocenters. The molecule has 0 bridgehead atoms. The highest BCUT2D eigenvalue weighted by Gasteiger charge is 2.30. The fourth-order valence-electron chi connectivity index (χ4n) is 4.98. The first kappa shape index (κ1) is 28.6. The third kappa shape index (κ3) is 6.12. The summed E-state index contributed by atoms with van der Waals surface area (Å²) < 4.78 is 103. The summed E-state index contributed by atoms with van der Waals surface area (Å²) in [5, 5.41) is 0. The predicted octanol–water partition coefficient (Wildman–Crippen LogP) is 8.73. The van der Waals surface area contributed by atoms with Crippen LogP contribution in [-0.4, -0.2) is 13.2 Å². The van der Waals surface area contributed by atoms with Gasteiger partial charge in [0.2, 0.25) is 17.5 Å². The van der Waals surface area contributed by atoms with Crippen LogP contribution in [0.4, 0.5) is 26.3 Å². The van der Waals surface area contributed by atoms with Crippen molar-refractivity contribution in [2.24, 2.45) is 0 Å². The molecular weight excluding hydrogens is 522 g/mol. The third-order valence-electron chi connectivity index (χ3n) is 7.03. The smallest absolute Gasteiger partial charge is 0.201 e. The number of hydrogen-bond donors (Lipinski definition) is 0. The second-order valence-electron chi connectivity index (χ2n) is 9.53. The van der Waals surface area contributed by atoms with Crippen molar-refractivity contribution >= 4 is 0 Å². The molecule has 3 nitrogen and oxygen atoms in total. The van der Waals surface area contributed by atoms with E-state index in [0.29, 0.717) is 32.1 Å². The maximum absolute atomic E-state index is 15.0. The van der Waals surface area contributed by atoms with Crippen molar-refractivity contribution in [3.63, 3.8) is 0 Å². The largest absolute Gasteiger partial charge is 0.491 e. The van der Waals surface area contributed by atoms with Crippen LogP contribution >= 0.6 is 0 Å². The first-order valence-corrected chi connectivity index (χ1v) is 13.1. The summed E-state index contributed by atoms with van der Waals surface area (Å²) in [6, 6.07) is 8.12. The van der Waals surface area contributed by atoms with E-state index in [1.807, 2.05) is 6.92 Å². The minimum atomic E-state index is -1.22. The van der Waals surface area contributed by atoms with Crippen LogP contribution in [0.3, 0.4) is 0 Å². The Bertz CT molecular complexity index is 1300. The van der Waals surface area contributed by atoms with Gasteiger partial charge in [-0.1, -0.05) is 19.1 Å². The molecule has 0 radical (unpaired) electrons. The molecule has 0 aliphatic heterocycles. The molecule has 0 N–H and O–H groups in total. The van der Waals surface area contributed by atoms with Gasteiger partial charge < -0.3 is 14.2 Å². The highest BCUT2D eigenvalue weighted by molar-refractivity contribution is 5.36. The van der Waals surface area contributed by atoms with Crippen molar-refractivity contribution in [2.45, 2.75) is 64.4 Å². The average Bonchev–Trinajstić information content (AvgIpc) is 2.94. The molecule has 0 aromatic heterocycles. The average molecular weight is 553 g/mol. The first-order valence-electron chi connectivity index (χ1n) is 13.1. The van der Waals surface area contributed by atoms with E-state index < -0.39 is 47.3 Å². The lowest BCUT2D eigenvalue weighted by atomic mass is 9.76. The molecule has 4 rings (SSSR count). The maximum atomic E-state index is 15.0. The van der Waals surface area contributed by atoms with Crippen molar-refractivity contribution in [3.05, 3.63) is 88.0 Å². The molecule has 0 amide bonds. The molecule has 39 heavy (non-hydrogen) atoms. The zero-order chi connectivity index (χ0) is 28.1. The van der Waals surface area contributed by atoms with Crippen LogP contribution in [0.1, 0.15) is 74.5 Å². The minimum Gasteiger partial charge on any atom is -0.491 e.